The first-order valence-electron chi connectivity index (χ1n) is 11.4. The average Bonchev–Trinajstić information content (AvgIpc) is 3.51. The van der Waals surface area contributed by atoms with Crippen molar-refractivity contribution in [2.75, 3.05) is 11.9 Å². The standard InChI is InChI=1S/C25H26FN3O4/c26-19-12-17-22(29(16-4-5-16)14-18(24(17)30)25(31)32)13-21(19)28-20(23-2-1-11-33-23)6-3-15-7-9-27-10-8-15/h7-10,12-14,16,20,23,28H,1-6,11H2,(H,31,32). The van der Waals surface area contributed by atoms with Gasteiger partial charge in [-0.25, -0.2) is 9.18 Å². The molecule has 33 heavy (non-hydrogen) atoms. The van der Waals surface area contributed by atoms with Crippen molar-refractivity contribution < 1.29 is 19.0 Å². The van der Waals surface area contributed by atoms with Crippen LogP contribution in [0.3, 0.4) is 0 Å². The number of aromatic carboxylic acids is 1. The van der Waals surface area contributed by atoms with E-state index in [1.807, 2.05) is 16.7 Å². The minimum absolute atomic E-state index is 0.0260. The summed E-state index contributed by atoms with van der Waals surface area (Å²) in [5.41, 5.74) is 1.01. The number of carbonyl (C=O) groups is 1. The summed E-state index contributed by atoms with van der Waals surface area (Å²) in [5, 5.41) is 12.9. The molecule has 1 aliphatic carbocycles. The average molecular weight is 451 g/mol. The number of halogens is 1. The predicted molar refractivity (Wildman–Crippen MR) is 122 cm³/mol. The quantitative estimate of drug-likeness (QED) is 0.534. The molecule has 2 aliphatic rings. The fourth-order valence-corrected chi connectivity index (χ4v) is 4.63. The number of nitrogens with zero attached hydrogens (tertiary/aromatic N) is 2. The Morgan fingerprint density at radius 2 is 2.06 bits per heavy atom. The zero-order valence-corrected chi connectivity index (χ0v) is 18.2. The third-order valence-electron chi connectivity index (χ3n) is 6.54. The number of aromatic nitrogens is 2. The topological polar surface area (TPSA) is 93.5 Å². The Morgan fingerprint density at radius 1 is 1.27 bits per heavy atom. The molecule has 0 amide bonds. The monoisotopic (exact) mass is 451 g/mol. The molecule has 1 aromatic carbocycles. The van der Waals surface area contributed by atoms with Crippen LogP contribution >= 0.6 is 0 Å². The van der Waals surface area contributed by atoms with Gasteiger partial charge in [-0.3, -0.25) is 9.78 Å². The highest BCUT2D eigenvalue weighted by Crippen LogP contribution is 2.38. The molecule has 3 aromatic rings. The van der Waals surface area contributed by atoms with Gasteiger partial charge in [0.05, 0.1) is 23.3 Å². The van der Waals surface area contributed by atoms with Crippen molar-refractivity contribution in [2.45, 2.75) is 56.7 Å². The second-order valence-electron chi connectivity index (χ2n) is 8.86. The van der Waals surface area contributed by atoms with Crippen LogP contribution in [-0.2, 0) is 11.2 Å². The van der Waals surface area contributed by atoms with Gasteiger partial charge < -0.3 is 19.7 Å². The van der Waals surface area contributed by atoms with Gasteiger partial charge in [0, 0.05) is 36.6 Å². The molecule has 2 fully saturated rings. The molecule has 1 aliphatic heterocycles. The second kappa shape index (κ2) is 8.94. The van der Waals surface area contributed by atoms with Crippen molar-refractivity contribution >= 4 is 22.6 Å². The van der Waals surface area contributed by atoms with Crippen molar-refractivity contribution in [1.29, 1.82) is 0 Å². The van der Waals surface area contributed by atoms with Crippen LogP contribution in [0.4, 0.5) is 10.1 Å². The summed E-state index contributed by atoms with van der Waals surface area (Å²) in [4.78, 5) is 28.3. The lowest BCUT2D eigenvalue weighted by atomic mass is 9.99. The van der Waals surface area contributed by atoms with Crippen LogP contribution < -0.4 is 10.7 Å². The molecule has 3 heterocycles. The summed E-state index contributed by atoms with van der Waals surface area (Å²) in [5.74, 6) is -1.87. The number of benzene rings is 1. The lowest BCUT2D eigenvalue weighted by Crippen LogP contribution is -2.34. The molecule has 2 atom stereocenters. The number of rotatable bonds is 8. The van der Waals surface area contributed by atoms with Gasteiger partial charge in [0.2, 0.25) is 5.43 Å². The summed E-state index contributed by atoms with van der Waals surface area (Å²) < 4.78 is 22.9. The van der Waals surface area contributed by atoms with Gasteiger partial charge in [-0.15, -0.1) is 0 Å². The van der Waals surface area contributed by atoms with Gasteiger partial charge in [0.1, 0.15) is 11.4 Å². The van der Waals surface area contributed by atoms with Gasteiger partial charge in [0.15, 0.2) is 0 Å². The highest BCUT2D eigenvalue weighted by molar-refractivity contribution is 5.93. The van der Waals surface area contributed by atoms with E-state index in [1.165, 1.54) is 12.3 Å². The van der Waals surface area contributed by atoms with Crippen LogP contribution in [0.1, 0.15) is 54.1 Å². The van der Waals surface area contributed by atoms with Crippen molar-refractivity contribution in [3.05, 3.63) is 70.0 Å². The van der Waals surface area contributed by atoms with Crippen LogP contribution in [-0.4, -0.2) is 39.4 Å². The molecule has 0 spiro atoms. The fraction of sp³-hybridized carbons (Fsp3) is 0.400. The maximum absolute atomic E-state index is 15.2. The number of nitrogens with one attached hydrogen (secondary N) is 1. The van der Waals surface area contributed by atoms with E-state index < -0.39 is 17.2 Å². The fourth-order valence-electron chi connectivity index (χ4n) is 4.63. The largest absolute Gasteiger partial charge is 0.477 e. The highest BCUT2D eigenvalue weighted by atomic mass is 19.1. The number of ether oxygens (including phenoxy) is 1. The molecule has 1 saturated carbocycles. The summed E-state index contributed by atoms with van der Waals surface area (Å²) in [7, 11) is 0. The molecule has 0 bridgehead atoms. The van der Waals surface area contributed by atoms with Crippen LogP contribution in [0.5, 0.6) is 0 Å². The Hall–Kier alpha value is -3.26. The van der Waals surface area contributed by atoms with Crippen LogP contribution in [0.25, 0.3) is 10.9 Å². The normalized spacial score (nSPS) is 19.0. The van der Waals surface area contributed by atoms with E-state index in [2.05, 4.69) is 10.3 Å². The SMILES string of the molecule is O=C(O)c1cn(C2CC2)c2cc(NC(CCc3ccncc3)C3CCCO3)c(F)cc2c1=O. The molecule has 2 unspecified atom stereocenters. The van der Waals surface area contributed by atoms with E-state index in [0.717, 1.165) is 44.1 Å². The lowest BCUT2D eigenvalue weighted by molar-refractivity contribution is 0.0694. The number of hydrogen-bond donors (Lipinski definition) is 2. The molecular formula is C25H26FN3O4. The smallest absolute Gasteiger partial charge is 0.341 e. The van der Waals surface area contributed by atoms with E-state index in [9.17, 15) is 14.7 Å². The summed E-state index contributed by atoms with van der Waals surface area (Å²) in [6.07, 6.45) is 10.1. The molecule has 0 radical (unpaired) electrons. The molecule has 1 saturated heterocycles. The molecule has 5 rings (SSSR count). The molecule has 8 heteroatoms. The molecule has 7 nitrogen and oxygen atoms in total. The lowest BCUT2D eigenvalue weighted by Gasteiger charge is -2.26. The number of carboxylic acids is 1. The highest BCUT2D eigenvalue weighted by Gasteiger charge is 2.29. The Morgan fingerprint density at radius 3 is 2.73 bits per heavy atom. The predicted octanol–water partition coefficient (Wildman–Crippen LogP) is 4.16. The van der Waals surface area contributed by atoms with Crippen molar-refractivity contribution in [2.24, 2.45) is 0 Å². The zero-order chi connectivity index (χ0) is 22.9. The molecule has 2 aromatic heterocycles. The summed E-state index contributed by atoms with van der Waals surface area (Å²) in [6.45, 7) is 0.692. The van der Waals surface area contributed by atoms with Gasteiger partial charge >= 0.3 is 5.97 Å². The van der Waals surface area contributed by atoms with E-state index in [4.69, 9.17) is 4.74 Å². The van der Waals surface area contributed by atoms with Gasteiger partial charge in [-0.1, -0.05) is 0 Å². The molecule has 172 valence electrons. The van der Waals surface area contributed by atoms with Gasteiger partial charge in [0.25, 0.3) is 0 Å². The minimum Gasteiger partial charge on any atom is -0.477 e. The Balaban J connectivity index is 1.50. The van der Waals surface area contributed by atoms with Gasteiger partial charge in [-0.2, -0.15) is 0 Å². The molecule has 2 N–H and O–H groups in total. The number of carboxylic acid groups (broad SMARTS) is 1. The summed E-state index contributed by atoms with van der Waals surface area (Å²) >= 11 is 0. The first-order valence-corrected chi connectivity index (χ1v) is 11.4. The number of pyridine rings is 2. The van der Waals surface area contributed by atoms with Gasteiger partial charge in [-0.05, 0) is 68.4 Å². The first-order chi connectivity index (χ1) is 16.0. The Bertz CT molecular complexity index is 1230. The van der Waals surface area contributed by atoms with E-state index >= 15 is 4.39 Å². The first kappa shape index (κ1) is 21.6. The molecular weight excluding hydrogens is 425 g/mol. The van der Waals surface area contributed by atoms with Crippen molar-refractivity contribution in [3.8, 4) is 0 Å². The van der Waals surface area contributed by atoms with Crippen LogP contribution in [0, 0.1) is 5.82 Å². The third kappa shape index (κ3) is 4.48. The number of anilines is 1. The second-order valence-corrected chi connectivity index (χ2v) is 8.86. The minimum atomic E-state index is -1.30. The number of fused-ring (bicyclic) bond motifs is 1. The number of aryl methyl sites for hydroxylation is 1. The van der Waals surface area contributed by atoms with E-state index in [1.54, 1.807) is 18.5 Å². The van der Waals surface area contributed by atoms with Crippen LogP contribution in [0.15, 0.2) is 47.7 Å². The third-order valence-corrected chi connectivity index (χ3v) is 6.54. The Labute approximate surface area is 190 Å². The number of hydrogen-bond acceptors (Lipinski definition) is 5. The van der Waals surface area contributed by atoms with Crippen molar-refractivity contribution in [3.63, 3.8) is 0 Å². The Kier molecular flexibility index (Phi) is 5.85. The summed E-state index contributed by atoms with van der Waals surface area (Å²) in [6, 6.07) is 6.78. The van der Waals surface area contributed by atoms with Crippen LogP contribution in [0.2, 0.25) is 0 Å². The maximum atomic E-state index is 15.2. The van der Waals surface area contributed by atoms with E-state index in [-0.39, 0.29) is 29.1 Å². The maximum Gasteiger partial charge on any atom is 0.341 e. The zero-order valence-electron chi connectivity index (χ0n) is 18.2. The van der Waals surface area contributed by atoms with E-state index in [0.29, 0.717) is 17.8 Å². The van der Waals surface area contributed by atoms with Crippen molar-refractivity contribution in [1.82, 2.24) is 9.55 Å².